The van der Waals surface area contributed by atoms with E-state index in [4.69, 9.17) is 14.7 Å². The van der Waals surface area contributed by atoms with Gasteiger partial charge in [-0.05, 0) is 47.0 Å². The summed E-state index contributed by atoms with van der Waals surface area (Å²) >= 11 is 0. The number of ether oxygens (including phenoxy) is 2. The van der Waals surface area contributed by atoms with Crippen LogP contribution in [0.15, 0.2) is 79.1 Å². The third-order valence-corrected chi connectivity index (χ3v) is 4.72. The predicted molar refractivity (Wildman–Crippen MR) is 112 cm³/mol. The van der Waals surface area contributed by atoms with Crippen molar-refractivity contribution in [2.75, 3.05) is 0 Å². The molecule has 30 heavy (non-hydrogen) atoms. The summed E-state index contributed by atoms with van der Waals surface area (Å²) in [7, 11) is 0. The Bertz CT molecular complexity index is 1120. The summed E-state index contributed by atoms with van der Waals surface area (Å²) in [5.41, 5.74) is 3.38. The molecule has 1 unspecified atom stereocenters. The lowest BCUT2D eigenvalue weighted by Gasteiger charge is -2.10. The van der Waals surface area contributed by atoms with Crippen molar-refractivity contribution in [1.82, 2.24) is 0 Å². The standard InChI is InChI=1S/C24H19NO5/c1-2-16-3-5-18(6-4-16)15-29-20-11-12-21-22(14-20)30-23(24(21)26)13-17-7-9-19(10-8-17)25(27)28/h2-14,25,27H,1,15H2. The van der Waals surface area contributed by atoms with E-state index in [2.05, 4.69) is 6.58 Å². The maximum Gasteiger partial charge on any atom is 0.231 e. The van der Waals surface area contributed by atoms with E-state index < -0.39 is 5.23 Å². The third kappa shape index (κ3) is 4.16. The molecule has 0 bridgehead atoms. The van der Waals surface area contributed by atoms with Gasteiger partial charge in [-0.2, -0.15) is 5.23 Å². The van der Waals surface area contributed by atoms with Gasteiger partial charge in [0.05, 0.1) is 5.56 Å². The third-order valence-electron chi connectivity index (χ3n) is 4.72. The van der Waals surface area contributed by atoms with Crippen molar-refractivity contribution in [3.63, 3.8) is 0 Å². The van der Waals surface area contributed by atoms with E-state index in [1.54, 1.807) is 42.5 Å². The van der Waals surface area contributed by atoms with Crippen LogP contribution in [0.3, 0.4) is 0 Å². The zero-order valence-corrected chi connectivity index (χ0v) is 16.0. The first kappa shape index (κ1) is 19.6. The number of carbonyl (C=O) groups excluding carboxylic acids is 1. The Morgan fingerprint density at radius 1 is 1.03 bits per heavy atom. The fourth-order valence-electron chi connectivity index (χ4n) is 3.05. The fraction of sp³-hybridized carbons (Fsp3) is 0.0417. The molecule has 1 aliphatic heterocycles. The number of nitrogens with one attached hydrogen (secondary N) is 1. The molecule has 0 radical (unpaired) electrons. The average Bonchev–Trinajstić information content (AvgIpc) is 3.07. The van der Waals surface area contributed by atoms with E-state index in [-0.39, 0.29) is 17.2 Å². The molecule has 4 rings (SSSR count). The van der Waals surface area contributed by atoms with Crippen LogP contribution in [0.2, 0.25) is 0 Å². The number of hydrogen-bond donors (Lipinski definition) is 2. The molecule has 0 saturated heterocycles. The molecule has 6 heteroatoms. The van der Waals surface area contributed by atoms with E-state index in [9.17, 15) is 10.0 Å². The SMILES string of the molecule is C=Cc1ccc(COc2ccc3c(c2)OC(=Cc2ccc([NH+]([O-])O)cc2)C3=O)cc1. The van der Waals surface area contributed by atoms with Gasteiger partial charge >= 0.3 is 0 Å². The van der Waals surface area contributed by atoms with Gasteiger partial charge in [-0.25, -0.2) is 5.21 Å². The maximum absolute atomic E-state index is 12.6. The lowest BCUT2D eigenvalue weighted by atomic mass is 10.1. The van der Waals surface area contributed by atoms with Gasteiger partial charge in [0.15, 0.2) is 11.4 Å². The van der Waals surface area contributed by atoms with Gasteiger partial charge < -0.3 is 14.7 Å². The Morgan fingerprint density at radius 3 is 2.40 bits per heavy atom. The number of Topliss-reactive ketones (excluding diaryl/α,β-unsaturated/α-hetero) is 1. The largest absolute Gasteiger partial charge is 0.595 e. The summed E-state index contributed by atoms with van der Waals surface area (Å²) in [4.78, 5) is 12.6. The lowest BCUT2D eigenvalue weighted by molar-refractivity contribution is -0.991. The number of ketones is 1. The Balaban J connectivity index is 1.47. The smallest absolute Gasteiger partial charge is 0.231 e. The Morgan fingerprint density at radius 2 is 1.73 bits per heavy atom. The fourth-order valence-corrected chi connectivity index (χ4v) is 3.05. The van der Waals surface area contributed by atoms with Gasteiger partial charge in [0.2, 0.25) is 5.78 Å². The van der Waals surface area contributed by atoms with Crippen LogP contribution in [0.25, 0.3) is 12.2 Å². The molecule has 0 saturated carbocycles. The first-order valence-corrected chi connectivity index (χ1v) is 9.29. The van der Waals surface area contributed by atoms with Gasteiger partial charge in [0, 0.05) is 18.2 Å². The van der Waals surface area contributed by atoms with Gasteiger partial charge in [-0.3, -0.25) is 4.79 Å². The Kier molecular flexibility index (Phi) is 5.45. The number of quaternary nitrogens is 1. The van der Waals surface area contributed by atoms with Crippen molar-refractivity contribution in [3.8, 4) is 11.5 Å². The molecule has 0 aliphatic carbocycles. The molecule has 3 aromatic rings. The molecular weight excluding hydrogens is 382 g/mol. The molecule has 1 atom stereocenters. The van der Waals surface area contributed by atoms with E-state index in [0.717, 1.165) is 11.1 Å². The van der Waals surface area contributed by atoms with Gasteiger partial charge in [0.1, 0.15) is 18.1 Å². The van der Waals surface area contributed by atoms with Gasteiger partial charge in [0.25, 0.3) is 0 Å². The highest BCUT2D eigenvalue weighted by Gasteiger charge is 2.27. The quantitative estimate of drug-likeness (QED) is 0.483. The predicted octanol–water partition coefficient (Wildman–Crippen LogP) is 3.93. The van der Waals surface area contributed by atoms with Crippen molar-refractivity contribution in [2.24, 2.45) is 0 Å². The lowest BCUT2D eigenvalue weighted by Crippen LogP contribution is -2.99. The number of allylic oxidation sites excluding steroid dienone is 1. The molecule has 0 aromatic heterocycles. The van der Waals surface area contributed by atoms with E-state index >= 15 is 0 Å². The Labute approximate surface area is 173 Å². The molecule has 0 amide bonds. The normalized spacial score (nSPS) is 14.9. The highest BCUT2D eigenvalue weighted by molar-refractivity contribution is 6.14. The number of fused-ring (bicyclic) bond motifs is 1. The van der Waals surface area contributed by atoms with E-state index in [1.807, 2.05) is 24.3 Å². The minimum Gasteiger partial charge on any atom is -0.595 e. The summed E-state index contributed by atoms with van der Waals surface area (Å²) in [6.07, 6.45) is 3.38. The molecule has 0 spiro atoms. The number of benzene rings is 3. The van der Waals surface area contributed by atoms with Crippen LogP contribution in [0.5, 0.6) is 11.5 Å². The van der Waals surface area contributed by atoms with Crippen LogP contribution in [0, 0.1) is 5.21 Å². The highest BCUT2D eigenvalue weighted by Crippen LogP contribution is 2.35. The van der Waals surface area contributed by atoms with Gasteiger partial charge in [-0.15, -0.1) is 0 Å². The van der Waals surface area contributed by atoms with Crippen molar-refractivity contribution in [1.29, 1.82) is 0 Å². The summed E-state index contributed by atoms with van der Waals surface area (Å²) in [6, 6.07) is 19.2. The molecule has 1 heterocycles. The summed E-state index contributed by atoms with van der Waals surface area (Å²) in [5.74, 6) is 0.999. The molecule has 1 aliphatic rings. The number of rotatable bonds is 6. The van der Waals surface area contributed by atoms with Crippen LogP contribution in [-0.4, -0.2) is 11.0 Å². The second-order valence-corrected chi connectivity index (χ2v) is 6.76. The first-order chi connectivity index (χ1) is 14.5. The van der Waals surface area contributed by atoms with Crippen molar-refractivity contribution in [2.45, 2.75) is 6.61 Å². The zero-order valence-electron chi connectivity index (χ0n) is 16.0. The van der Waals surface area contributed by atoms with Gasteiger partial charge in [-0.1, -0.05) is 36.9 Å². The van der Waals surface area contributed by atoms with Crippen molar-refractivity contribution < 1.29 is 24.7 Å². The Hall–Kier alpha value is -3.71. The monoisotopic (exact) mass is 401 g/mol. The molecule has 0 fully saturated rings. The molecule has 6 nitrogen and oxygen atoms in total. The van der Waals surface area contributed by atoms with Crippen LogP contribution in [-0.2, 0) is 6.61 Å². The van der Waals surface area contributed by atoms with Crippen LogP contribution >= 0.6 is 0 Å². The maximum atomic E-state index is 12.6. The molecular formula is C24H19NO5. The van der Waals surface area contributed by atoms with Crippen LogP contribution in [0.4, 0.5) is 5.69 Å². The molecule has 3 aromatic carbocycles. The minimum absolute atomic E-state index is 0.181. The first-order valence-electron chi connectivity index (χ1n) is 9.29. The highest BCUT2D eigenvalue weighted by atomic mass is 16.8. The second kappa shape index (κ2) is 8.34. The zero-order chi connectivity index (χ0) is 21.1. The summed E-state index contributed by atoms with van der Waals surface area (Å²) in [6.45, 7) is 4.13. The second-order valence-electron chi connectivity index (χ2n) is 6.76. The number of carbonyl (C=O) groups is 1. The van der Waals surface area contributed by atoms with Crippen LogP contribution < -0.4 is 14.7 Å². The topological polar surface area (TPSA) is 83.3 Å². The van der Waals surface area contributed by atoms with E-state index in [1.165, 1.54) is 12.1 Å². The average molecular weight is 401 g/mol. The molecule has 2 N–H and O–H groups in total. The van der Waals surface area contributed by atoms with E-state index in [0.29, 0.717) is 29.2 Å². The van der Waals surface area contributed by atoms with Crippen LogP contribution in [0.1, 0.15) is 27.0 Å². The number of hydrogen-bond acceptors (Lipinski definition) is 5. The van der Waals surface area contributed by atoms with Crippen molar-refractivity contribution in [3.05, 3.63) is 107 Å². The summed E-state index contributed by atoms with van der Waals surface area (Å²) < 4.78 is 11.6. The van der Waals surface area contributed by atoms with Crippen molar-refractivity contribution >= 4 is 23.6 Å². The molecule has 150 valence electrons. The minimum atomic E-state index is -1.00. The summed E-state index contributed by atoms with van der Waals surface area (Å²) in [5, 5.41) is 18.9.